The Bertz CT molecular complexity index is 476. The second kappa shape index (κ2) is 5.44. The molecular formula is C11H13N4O3. The zero-order valence-electron chi connectivity index (χ0n) is 10.5. The number of imidazole rings is 1. The van der Waals surface area contributed by atoms with Gasteiger partial charge in [-0.25, -0.2) is 4.98 Å². The van der Waals surface area contributed by atoms with Crippen molar-refractivity contribution in [2.75, 3.05) is 0 Å². The predicted molar refractivity (Wildman–Crippen MR) is 61.1 cm³/mol. The van der Waals surface area contributed by atoms with Crippen LogP contribution >= 0.6 is 0 Å². The number of nitrogens with zero attached hydrogens (tertiary/aromatic N) is 1. The number of H-pyrrole nitrogens is 1. The smallest absolute Gasteiger partial charge is 0.243 e. The molecule has 1 saturated heterocycles. The predicted octanol–water partition coefficient (Wildman–Crippen LogP) is -1.17. The van der Waals surface area contributed by atoms with Crippen LogP contribution in [0, 0.1) is 0 Å². The number of hydrogen-bond donors (Lipinski definition) is 3. The Kier molecular flexibility index (Phi) is 3.30. The molecule has 95 valence electrons. The zero-order valence-corrected chi connectivity index (χ0v) is 9.55. The summed E-state index contributed by atoms with van der Waals surface area (Å²) in [6, 6.07) is -1.66. The lowest BCUT2D eigenvalue weighted by molar-refractivity contribution is -0.126. The number of aromatic amines is 1. The molecule has 7 heteroatoms. The van der Waals surface area contributed by atoms with Crippen LogP contribution in [-0.2, 0) is 20.8 Å². The van der Waals surface area contributed by atoms with Crippen LogP contribution in [0.5, 0.6) is 0 Å². The van der Waals surface area contributed by atoms with Crippen molar-refractivity contribution in [3.63, 3.8) is 0 Å². The van der Waals surface area contributed by atoms with E-state index >= 15 is 0 Å². The highest BCUT2D eigenvalue weighted by molar-refractivity contribution is 5.91. The van der Waals surface area contributed by atoms with Crippen molar-refractivity contribution in [3.05, 3.63) is 18.2 Å². The molecule has 18 heavy (non-hydrogen) atoms. The fourth-order valence-electron chi connectivity index (χ4n) is 1.75. The molecule has 1 radical (unpaired) electrons. The van der Waals surface area contributed by atoms with Crippen LogP contribution in [0.4, 0.5) is 0 Å². The van der Waals surface area contributed by atoms with Crippen molar-refractivity contribution >= 4 is 18.1 Å². The first-order valence-electron chi connectivity index (χ1n) is 6.03. The van der Waals surface area contributed by atoms with E-state index in [0.717, 1.165) is 0 Å². The summed E-state index contributed by atoms with van der Waals surface area (Å²) in [5, 5.41) is 3.13. The van der Waals surface area contributed by atoms with E-state index in [2.05, 4.69) is 15.3 Å². The van der Waals surface area contributed by atoms with Gasteiger partial charge < -0.3 is 15.6 Å². The SMILES string of the molecule is [3H]N1C(=O)CC[C@H]1C(=O)N[C@H]([C]=O)Cc1c[nH]cn1. The molecule has 0 aromatic carbocycles. The van der Waals surface area contributed by atoms with E-state index < -0.39 is 18.0 Å². The minimum Gasteiger partial charge on any atom is -0.351 e. The number of hydrogen-bond acceptors (Lipinski definition) is 4. The van der Waals surface area contributed by atoms with Crippen molar-refractivity contribution in [3.8, 4) is 0 Å². The van der Waals surface area contributed by atoms with E-state index in [-0.39, 0.29) is 18.7 Å². The third kappa shape index (κ3) is 2.93. The average Bonchev–Trinajstić information content (AvgIpc) is 3.00. The highest BCUT2D eigenvalue weighted by Crippen LogP contribution is 2.07. The minimum atomic E-state index is -0.833. The quantitative estimate of drug-likeness (QED) is 0.613. The van der Waals surface area contributed by atoms with Gasteiger partial charge in [-0.15, -0.1) is 0 Å². The third-order valence-corrected chi connectivity index (χ3v) is 2.66. The van der Waals surface area contributed by atoms with Gasteiger partial charge in [-0.1, -0.05) is 0 Å². The van der Waals surface area contributed by atoms with Gasteiger partial charge in [0.05, 0.1) is 12.0 Å². The molecule has 1 aromatic rings. The molecule has 0 bridgehead atoms. The van der Waals surface area contributed by atoms with E-state index in [4.69, 9.17) is 1.41 Å². The molecule has 2 amide bonds. The maximum Gasteiger partial charge on any atom is 0.243 e. The highest BCUT2D eigenvalue weighted by Gasteiger charge is 2.28. The molecule has 0 saturated carbocycles. The van der Waals surface area contributed by atoms with Gasteiger partial charge in [0.2, 0.25) is 18.1 Å². The van der Waals surface area contributed by atoms with Crippen molar-refractivity contribution < 1.29 is 15.8 Å². The third-order valence-electron chi connectivity index (χ3n) is 2.66. The molecule has 0 spiro atoms. The Morgan fingerprint density at radius 1 is 1.78 bits per heavy atom. The van der Waals surface area contributed by atoms with Gasteiger partial charge in [0, 0.05) is 19.0 Å². The van der Waals surface area contributed by atoms with Crippen molar-refractivity contribution in [1.29, 1.82) is 0 Å². The second-order valence-corrected chi connectivity index (χ2v) is 4.02. The summed E-state index contributed by atoms with van der Waals surface area (Å²) in [6.07, 6.45) is 5.50. The average molecular weight is 251 g/mol. The molecule has 2 heterocycles. The molecule has 1 aliphatic rings. The molecule has 1 aromatic heterocycles. The highest BCUT2D eigenvalue weighted by atomic mass is 16.2. The van der Waals surface area contributed by atoms with E-state index in [9.17, 15) is 14.4 Å². The van der Waals surface area contributed by atoms with Crippen LogP contribution in [0.3, 0.4) is 0 Å². The lowest BCUT2D eigenvalue weighted by Gasteiger charge is -2.14. The van der Waals surface area contributed by atoms with Gasteiger partial charge in [0.1, 0.15) is 12.1 Å². The van der Waals surface area contributed by atoms with Gasteiger partial charge in [-0.3, -0.25) is 14.4 Å². The topological polar surface area (TPSA) is 104 Å². The fraction of sp³-hybridized carbons (Fsp3) is 0.455. The Hall–Kier alpha value is -2.18. The van der Waals surface area contributed by atoms with Crippen LogP contribution in [0.15, 0.2) is 12.5 Å². The number of carbonyl (C=O) groups is 2. The number of rotatable bonds is 5. The first-order valence-corrected chi connectivity index (χ1v) is 5.58. The molecule has 2 rings (SSSR count). The standard InChI is InChI=1S/C11H13N4O3/c16-5-8(3-7-4-12-6-13-7)14-11(18)9-1-2-10(17)15-9/h4,6,8-9H,1-3H2,(H,12,13)(H,14,18)(H,15,17)/t8-,9-/m0/s1/i/hT. The summed E-state index contributed by atoms with van der Waals surface area (Å²) >= 11 is 0. The van der Waals surface area contributed by atoms with Gasteiger partial charge >= 0.3 is 0 Å². The van der Waals surface area contributed by atoms with Gasteiger partial charge in [0.15, 0.2) is 1.41 Å². The Balaban J connectivity index is 1.93. The molecule has 1 aliphatic heterocycles. The summed E-state index contributed by atoms with van der Waals surface area (Å²) in [5.41, 5.74) is 0.624. The maximum atomic E-state index is 11.9. The largest absolute Gasteiger partial charge is 0.351 e. The molecule has 3 N–H and O–H groups in total. The summed E-state index contributed by atoms with van der Waals surface area (Å²) in [4.78, 5) is 40.5. The maximum absolute atomic E-state index is 11.9. The number of nitrogens with one attached hydrogen (secondary N) is 3. The van der Waals surface area contributed by atoms with Crippen LogP contribution in [0.25, 0.3) is 0 Å². The van der Waals surface area contributed by atoms with Gasteiger partial charge in [-0.2, -0.15) is 0 Å². The Morgan fingerprint density at radius 3 is 3.17 bits per heavy atom. The summed E-state index contributed by atoms with van der Waals surface area (Å²) in [5.74, 6) is -0.899. The summed E-state index contributed by atoms with van der Waals surface area (Å²) in [6.45, 7) is 0. The molecule has 1 fully saturated rings. The zero-order chi connectivity index (χ0) is 13.8. The Morgan fingerprint density at radius 2 is 2.61 bits per heavy atom. The molecule has 2 atom stereocenters. The Labute approximate surface area is 105 Å². The minimum absolute atomic E-state index is 0.177. The molecule has 0 unspecified atom stereocenters. The molecule has 7 nitrogen and oxygen atoms in total. The first-order chi connectivity index (χ1) is 9.11. The van der Waals surface area contributed by atoms with Crippen LogP contribution in [-0.4, -0.2) is 40.2 Å². The number of amides is 2. The fourth-order valence-corrected chi connectivity index (χ4v) is 1.75. The second-order valence-electron chi connectivity index (χ2n) is 4.02. The van der Waals surface area contributed by atoms with Crippen molar-refractivity contribution in [2.45, 2.75) is 31.3 Å². The normalized spacial score (nSPS) is 21.6. The van der Waals surface area contributed by atoms with Crippen molar-refractivity contribution in [2.24, 2.45) is 0 Å². The van der Waals surface area contributed by atoms with Crippen molar-refractivity contribution in [1.82, 2.24) is 20.6 Å². The summed E-state index contributed by atoms with van der Waals surface area (Å²) < 4.78 is 7.43. The van der Waals surface area contributed by atoms with Gasteiger partial charge in [0.25, 0.3) is 0 Å². The first kappa shape index (κ1) is 10.9. The van der Waals surface area contributed by atoms with Crippen LogP contribution in [0.2, 0.25) is 1.41 Å². The monoisotopic (exact) mass is 251 g/mol. The number of aromatic nitrogens is 2. The van der Waals surface area contributed by atoms with E-state index in [1.165, 1.54) is 6.33 Å². The summed E-state index contributed by atoms with van der Waals surface area (Å²) in [7, 11) is 0. The molecular weight excluding hydrogens is 236 g/mol. The lowest BCUT2D eigenvalue weighted by Crippen LogP contribution is -2.47. The van der Waals surface area contributed by atoms with Crippen LogP contribution < -0.4 is 10.6 Å². The van der Waals surface area contributed by atoms with Crippen LogP contribution in [0.1, 0.15) is 18.5 Å². The number of carbonyl (C=O) groups excluding carboxylic acids is 3. The van der Waals surface area contributed by atoms with E-state index in [0.29, 0.717) is 17.4 Å². The van der Waals surface area contributed by atoms with Gasteiger partial charge in [-0.05, 0) is 6.42 Å². The molecule has 0 aliphatic carbocycles. The van der Waals surface area contributed by atoms with E-state index in [1.54, 1.807) is 12.5 Å². The lowest BCUT2D eigenvalue weighted by atomic mass is 10.1. The van der Waals surface area contributed by atoms with E-state index in [1.807, 2.05) is 0 Å².